The van der Waals surface area contributed by atoms with Crippen LogP contribution in [0.2, 0.25) is 0 Å². The van der Waals surface area contributed by atoms with Crippen LogP contribution in [0.5, 0.6) is 5.75 Å². The number of nitrogens with zero attached hydrogens (tertiary/aromatic N) is 1. The van der Waals surface area contributed by atoms with Crippen molar-refractivity contribution in [2.45, 2.75) is 6.92 Å². The number of carbonyl (C=O) groups excluding carboxylic acids is 1. The van der Waals surface area contributed by atoms with E-state index in [1.54, 1.807) is 26.2 Å². The molecule has 0 aliphatic heterocycles. The SMILES string of the molecule is COc1cccc(Nc2nc(C)c(C(=O)Nc3ccccc3F)s2)c1. The highest BCUT2D eigenvalue weighted by Crippen LogP contribution is 2.28. The lowest BCUT2D eigenvalue weighted by Crippen LogP contribution is -2.12. The minimum Gasteiger partial charge on any atom is -0.497 e. The van der Waals surface area contributed by atoms with Crippen molar-refractivity contribution in [1.29, 1.82) is 0 Å². The van der Waals surface area contributed by atoms with Gasteiger partial charge in [-0.2, -0.15) is 0 Å². The van der Waals surface area contributed by atoms with Gasteiger partial charge in [0.25, 0.3) is 5.91 Å². The summed E-state index contributed by atoms with van der Waals surface area (Å²) in [4.78, 5) is 17.2. The van der Waals surface area contributed by atoms with E-state index in [4.69, 9.17) is 4.74 Å². The number of rotatable bonds is 5. The van der Waals surface area contributed by atoms with Gasteiger partial charge in [-0.15, -0.1) is 0 Å². The fraction of sp³-hybridized carbons (Fsp3) is 0.111. The number of carbonyl (C=O) groups is 1. The van der Waals surface area contributed by atoms with E-state index < -0.39 is 11.7 Å². The lowest BCUT2D eigenvalue weighted by Gasteiger charge is -2.05. The standard InChI is InChI=1S/C18H16FN3O2S/c1-11-16(17(23)22-15-9-4-3-8-14(15)19)25-18(20-11)21-12-6-5-7-13(10-12)24-2/h3-10H,1-2H3,(H,20,21)(H,22,23). The Labute approximate surface area is 148 Å². The molecule has 5 nitrogen and oxygen atoms in total. The van der Waals surface area contributed by atoms with E-state index in [0.29, 0.717) is 15.7 Å². The topological polar surface area (TPSA) is 63.2 Å². The fourth-order valence-corrected chi connectivity index (χ4v) is 3.11. The maximum Gasteiger partial charge on any atom is 0.267 e. The van der Waals surface area contributed by atoms with Gasteiger partial charge in [0.2, 0.25) is 0 Å². The Morgan fingerprint density at radius 3 is 2.76 bits per heavy atom. The quantitative estimate of drug-likeness (QED) is 0.701. The maximum atomic E-state index is 13.7. The lowest BCUT2D eigenvalue weighted by molar-refractivity contribution is 0.102. The summed E-state index contributed by atoms with van der Waals surface area (Å²) >= 11 is 1.20. The summed E-state index contributed by atoms with van der Waals surface area (Å²) in [6, 6.07) is 13.4. The van der Waals surface area contributed by atoms with Crippen molar-refractivity contribution in [1.82, 2.24) is 4.98 Å². The largest absolute Gasteiger partial charge is 0.497 e. The summed E-state index contributed by atoms with van der Waals surface area (Å²) in [6.45, 7) is 1.74. The predicted molar refractivity (Wildman–Crippen MR) is 97.5 cm³/mol. The maximum absolute atomic E-state index is 13.7. The monoisotopic (exact) mass is 357 g/mol. The number of para-hydroxylation sites is 1. The van der Waals surface area contributed by atoms with Gasteiger partial charge in [0.15, 0.2) is 5.13 Å². The third-order valence-electron chi connectivity index (χ3n) is 3.45. The van der Waals surface area contributed by atoms with Gasteiger partial charge in [0.1, 0.15) is 16.4 Å². The molecule has 0 bridgehead atoms. The molecule has 3 aromatic rings. The van der Waals surface area contributed by atoms with Crippen LogP contribution < -0.4 is 15.4 Å². The highest BCUT2D eigenvalue weighted by molar-refractivity contribution is 7.17. The average molecular weight is 357 g/mol. The Balaban J connectivity index is 1.77. The van der Waals surface area contributed by atoms with E-state index in [9.17, 15) is 9.18 Å². The molecule has 0 fully saturated rings. The van der Waals surface area contributed by atoms with Gasteiger partial charge in [-0.25, -0.2) is 9.37 Å². The van der Waals surface area contributed by atoms with Crippen LogP contribution >= 0.6 is 11.3 Å². The number of anilines is 3. The van der Waals surface area contributed by atoms with E-state index in [0.717, 1.165) is 11.4 Å². The van der Waals surface area contributed by atoms with Crippen LogP contribution in [0.25, 0.3) is 0 Å². The Kier molecular flexibility index (Phi) is 4.95. The van der Waals surface area contributed by atoms with Gasteiger partial charge in [0, 0.05) is 11.8 Å². The molecule has 25 heavy (non-hydrogen) atoms. The number of methoxy groups -OCH3 is 1. The normalized spacial score (nSPS) is 10.4. The zero-order valence-electron chi connectivity index (χ0n) is 13.7. The molecule has 2 aromatic carbocycles. The molecule has 7 heteroatoms. The van der Waals surface area contributed by atoms with Crippen LogP contribution in [-0.2, 0) is 0 Å². The van der Waals surface area contributed by atoms with Crippen LogP contribution in [0.15, 0.2) is 48.5 Å². The second-order valence-electron chi connectivity index (χ2n) is 5.22. The molecule has 1 heterocycles. The van der Waals surface area contributed by atoms with Gasteiger partial charge >= 0.3 is 0 Å². The van der Waals surface area contributed by atoms with Crippen LogP contribution in [0.3, 0.4) is 0 Å². The molecule has 0 radical (unpaired) electrons. The Morgan fingerprint density at radius 2 is 2.00 bits per heavy atom. The molecule has 1 amide bonds. The fourth-order valence-electron chi connectivity index (χ4n) is 2.23. The number of amides is 1. The molecular formula is C18H16FN3O2S. The van der Waals surface area contributed by atoms with Gasteiger partial charge in [0.05, 0.1) is 18.5 Å². The second-order valence-corrected chi connectivity index (χ2v) is 6.22. The summed E-state index contributed by atoms with van der Waals surface area (Å²) < 4.78 is 18.9. The van der Waals surface area contributed by atoms with Crippen molar-refractivity contribution in [3.05, 3.63) is 64.9 Å². The molecule has 128 valence electrons. The minimum atomic E-state index is -0.479. The highest BCUT2D eigenvalue weighted by atomic mass is 32.1. The van der Waals surface area contributed by atoms with E-state index >= 15 is 0 Å². The molecule has 0 unspecified atom stereocenters. The number of nitrogens with one attached hydrogen (secondary N) is 2. The molecule has 2 N–H and O–H groups in total. The van der Waals surface area contributed by atoms with Crippen LogP contribution in [0, 0.1) is 12.7 Å². The van der Waals surface area contributed by atoms with Gasteiger partial charge < -0.3 is 15.4 Å². The van der Waals surface area contributed by atoms with Crippen LogP contribution in [0.4, 0.5) is 20.9 Å². The van der Waals surface area contributed by atoms with Crippen molar-refractivity contribution in [3.63, 3.8) is 0 Å². The van der Waals surface area contributed by atoms with E-state index in [2.05, 4.69) is 15.6 Å². The Bertz CT molecular complexity index is 911. The van der Waals surface area contributed by atoms with Crippen LogP contribution in [0.1, 0.15) is 15.4 Å². The molecule has 0 aliphatic carbocycles. The molecule has 3 rings (SSSR count). The summed E-state index contributed by atoms with van der Waals surface area (Å²) in [7, 11) is 1.60. The number of aryl methyl sites for hydroxylation is 1. The third kappa shape index (κ3) is 3.95. The molecular weight excluding hydrogens is 341 g/mol. The number of aromatic nitrogens is 1. The van der Waals surface area contributed by atoms with Gasteiger partial charge in [-0.05, 0) is 31.2 Å². The summed E-state index contributed by atoms with van der Waals surface area (Å²) in [6.07, 6.45) is 0. The number of halogens is 1. The first-order valence-corrected chi connectivity index (χ1v) is 8.33. The highest BCUT2D eigenvalue weighted by Gasteiger charge is 2.17. The molecule has 0 saturated carbocycles. The van der Waals surface area contributed by atoms with Crippen molar-refractivity contribution in [3.8, 4) is 5.75 Å². The molecule has 0 aliphatic rings. The number of thiazole rings is 1. The van der Waals surface area contributed by atoms with Crippen LogP contribution in [-0.4, -0.2) is 18.0 Å². The first-order chi connectivity index (χ1) is 12.1. The summed E-state index contributed by atoms with van der Waals surface area (Å²) in [5.41, 5.74) is 1.51. The van der Waals surface area contributed by atoms with E-state index in [1.165, 1.54) is 23.5 Å². The Hall–Kier alpha value is -2.93. The number of hydrogen-bond acceptors (Lipinski definition) is 5. The molecule has 0 spiro atoms. The Morgan fingerprint density at radius 1 is 1.20 bits per heavy atom. The van der Waals surface area contributed by atoms with Gasteiger partial charge in [-0.1, -0.05) is 29.5 Å². The smallest absolute Gasteiger partial charge is 0.267 e. The zero-order valence-corrected chi connectivity index (χ0v) is 14.5. The summed E-state index contributed by atoms with van der Waals surface area (Å²) in [5, 5.41) is 6.29. The number of ether oxygens (including phenoxy) is 1. The zero-order chi connectivity index (χ0) is 17.8. The number of hydrogen-bond donors (Lipinski definition) is 2. The predicted octanol–water partition coefficient (Wildman–Crippen LogP) is 4.60. The van der Waals surface area contributed by atoms with Crippen molar-refractivity contribution in [2.24, 2.45) is 0 Å². The average Bonchev–Trinajstić information content (AvgIpc) is 2.97. The first kappa shape index (κ1) is 16.9. The van der Waals surface area contributed by atoms with Crippen molar-refractivity contribution in [2.75, 3.05) is 17.7 Å². The van der Waals surface area contributed by atoms with Gasteiger partial charge in [-0.3, -0.25) is 4.79 Å². The molecule has 1 aromatic heterocycles. The van der Waals surface area contributed by atoms with E-state index in [-0.39, 0.29) is 5.69 Å². The number of benzene rings is 2. The third-order valence-corrected chi connectivity index (χ3v) is 4.52. The molecule has 0 atom stereocenters. The minimum absolute atomic E-state index is 0.141. The molecule has 0 saturated heterocycles. The van der Waals surface area contributed by atoms with Crippen molar-refractivity contribution >= 4 is 33.8 Å². The second kappa shape index (κ2) is 7.31. The summed E-state index contributed by atoms with van der Waals surface area (Å²) in [5.74, 6) is -0.151. The lowest BCUT2D eigenvalue weighted by atomic mass is 10.3. The first-order valence-electron chi connectivity index (χ1n) is 7.51. The van der Waals surface area contributed by atoms with Crippen molar-refractivity contribution < 1.29 is 13.9 Å². The van der Waals surface area contributed by atoms with E-state index in [1.807, 2.05) is 24.3 Å².